The molecule has 1 fully saturated rings. The first-order valence-electron chi connectivity index (χ1n) is 8.74. The van der Waals surface area contributed by atoms with Crippen molar-refractivity contribution >= 4 is 11.6 Å². The van der Waals surface area contributed by atoms with Gasteiger partial charge in [0.15, 0.2) is 0 Å². The third kappa shape index (κ3) is 3.87. The van der Waals surface area contributed by atoms with E-state index in [1.54, 1.807) is 16.0 Å². The molecule has 1 aromatic heterocycles. The van der Waals surface area contributed by atoms with E-state index in [4.69, 9.17) is 4.74 Å². The van der Waals surface area contributed by atoms with Gasteiger partial charge in [-0.2, -0.15) is 5.10 Å². The topological polar surface area (TPSA) is 67.7 Å². The first-order valence-corrected chi connectivity index (χ1v) is 8.74. The van der Waals surface area contributed by atoms with Crippen LogP contribution < -0.4 is 15.2 Å². The van der Waals surface area contributed by atoms with Gasteiger partial charge < -0.3 is 14.5 Å². The van der Waals surface area contributed by atoms with Gasteiger partial charge >= 0.3 is 0 Å². The minimum atomic E-state index is -0.283. The number of anilines is 1. The second kappa shape index (κ2) is 7.59. The lowest BCUT2D eigenvalue weighted by molar-refractivity contribution is -0.140. The summed E-state index contributed by atoms with van der Waals surface area (Å²) < 4.78 is 7.18. The van der Waals surface area contributed by atoms with Crippen molar-refractivity contribution in [3.05, 3.63) is 52.4 Å². The number of aryl methyl sites for hydroxylation is 1. The standard InChI is InChI=1S/C19H24N4O3/c1-4-14-7-5-6-8-17(14)26-16-11-22(12-16)19(25)13-23-18(24)9-15(10-20-23)21(2)3/h5-10,16H,4,11-13H2,1-3H3. The molecule has 1 aromatic carbocycles. The Hall–Kier alpha value is -2.83. The van der Waals surface area contributed by atoms with Crippen molar-refractivity contribution in [1.29, 1.82) is 0 Å². The molecule has 7 heteroatoms. The highest BCUT2D eigenvalue weighted by atomic mass is 16.5. The number of rotatable bonds is 6. The largest absolute Gasteiger partial charge is 0.486 e. The number of para-hydroxylation sites is 1. The fourth-order valence-corrected chi connectivity index (χ4v) is 2.82. The summed E-state index contributed by atoms with van der Waals surface area (Å²) in [6.45, 7) is 3.10. The van der Waals surface area contributed by atoms with Crippen LogP contribution in [0.2, 0.25) is 0 Å². The van der Waals surface area contributed by atoms with E-state index < -0.39 is 0 Å². The molecule has 0 bridgehead atoms. The van der Waals surface area contributed by atoms with Crippen molar-refractivity contribution in [2.45, 2.75) is 26.0 Å². The molecular weight excluding hydrogens is 332 g/mol. The van der Waals surface area contributed by atoms with Crippen molar-refractivity contribution in [2.24, 2.45) is 0 Å². The minimum Gasteiger partial charge on any atom is -0.486 e. The van der Waals surface area contributed by atoms with Crippen LogP contribution in [0.1, 0.15) is 12.5 Å². The van der Waals surface area contributed by atoms with Crippen LogP contribution in [0.3, 0.4) is 0 Å². The Kier molecular flexibility index (Phi) is 5.25. The monoisotopic (exact) mass is 356 g/mol. The Morgan fingerprint density at radius 2 is 2.04 bits per heavy atom. The fraction of sp³-hybridized carbons (Fsp3) is 0.421. The molecule has 138 valence electrons. The lowest BCUT2D eigenvalue weighted by atomic mass is 10.1. The molecule has 26 heavy (non-hydrogen) atoms. The van der Waals surface area contributed by atoms with Crippen LogP contribution in [0.4, 0.5) is 5.69 Å². The molecule has 7 nitrogen and oxygen atoms in total. The molecular formula is C19H24N4O3. The van der Waals surface area contributed by atoms with Gasteiger partial charge in [-0.1, -0.05) is 25.1 Å². The quantitative estimate of drug-likeness (QED) is 0.777. The van der Waals surface area contributed by atoms with E-state index >= 15 is 0 Å². The third-order valence-corrected chi connectivity index (χ3v) is 4.50. The number of likely N-dealkylation sites (tertiary alicyclic amines) is 1. The number of nitrogens with zero attached hydrogens (tertiary/aromatic N) is 4. The second-order valence-corrected chi connectivity index (χ2v) is 6.60. The second-order valence-electron chi connectivity index (χ2n) is 6.60. The van der Waals surface area contributed by atoms with Crippen LogP contribution >= 0.6 is 0 Å². The van der Waals surface area contributed by atoms with E-state index in [0.29, 0.717) is 18.8 Å². The summed E-state index contributed by atoms with van der Waals surface area (Å²) in [5, 5.41) is 4.07. The summed E-state index contributed by atoms with van der Waals surface area (Å²) >= 11 is 0. The molecule has 0 spiro atoms. The summed E-state index contributed by atoms with van der Waals surface area (Å²) in [5.74, 6) is 0.755. The van der Waals surface area contributed by atoms with Crippen molar-refractivity contribution in [1.82, 2.24) is 14.7 Å². The van der Waals surface area contributed by atoms with Gasteiger partial charge in [0, 0.05) is 20.2 Å². The van der Waals surface area contributed by atoms with Crippen molar-refractivity contribution in [3.63, 3.8) is 0 Å². The van der Waals surface area contributed by atoms with Gasteiger partial charge in [-0.15, -0.1) is 0 Å². The predicted octanol–water partition coefficient (Wildman–Crippen LogP) is 1.16. The Bertz CT molecular complexity index is 841. The maximum atomic E-state index is 12.3. The van der Waals surface area contributed by atoms with Crippen LogP contribution in [0.15, 0.2) is 41.3 Å². The minimum absolute atomic E-state index is 0.00699. The Balaban J connectivity index is 1.54. The first kappa shape index (κ1) is 18.0. The van der Waals surface area contributed by atoms with Crippen LogP contribution in [0, 0.1) is 0 Å². The van der Waals surface area contributed by atoms with Gasteiger partial charge in [0.05, 0.1) is 25.0 Å². The van der Waals surface area contributed by atoms with Crippen molar-refractivity contribution in [2.75, 3.05) is 32.1 Å². The molecule has 0 saturated carbocycles. The van der Waals surface area contributed by atoms with Gasteiger partial charge in [-0.05, 0) is 18.1 Å². The molecule has 3 rings (SSSR count). The predicted molar refractivity (Wildman–Crippen MR) is 99.6 cm³/mol. The Labute approximate surface area is 152 Å². The number of amides is 1. The number of hydrogen-bond acceptors (Lipinski definition) is 5. The molecule has 0 radical (unpaired) electrons. The summed E-state index contributed by atoms with van der Waals surface area (Å²) in [6, 6.07) is 9.43. The molecule has 1 aliphatic rings. The molecule has 1 saturated heterocycles. The zero-order chi connectivity index (χ0) is 18.7. The zero-order valence-electron chi connectivity index (χ0n) is 15.4. The highest BCUT2D eigenvalue weighted by Gasteiger charge is 2.32. The normalized spacial score (nSPS) is 14.0. The van der Waals surface area contributed by atoms with Crippen LogP contribution in [0.5, 0.6) is 5.75 Å². The lowest BCUT2D eigenvalue weighted by Crippen LogP contribution is -2.57. The molecule has 0 atom stereocenters. The number of ether oxygens (including phenoxy) is 1. The molecule has 0 N–H and O–H groups in total. The van der Waals surface area contributed by atoms with E-state index in [2.05, 4.69) is 12.0 Å². The average Bonchev–Trinajstić information content (AvgIpc) is 2.59. The highest BCUT2D eigenvalue weighted by molar-refractivity contribution is 5.76. The van der Waals surface area contributed by atoms with E-state index in [1.165, 1.54) is 10.7 Å². The number of aromatic nitrogens is 2. The van der Waals surface area contributed by atoms with Gasteiger partial charge in [-0.3, -0.25) is 9.59 Å². The summed E-state index contributed by atoms with van der Waals surface area (Å²) in [4.78, 5) is 27.9. The van der Waals surface area contributed by atoms with Crippen LogP contribution in [-0.4, -0.2) is 53.9 Å². The molecule has 0 unspecified atom stereocenters. The van der Waals surface area contributed by atoms with Gasteiger partial charge in [0.2, 0.25) is 5.91 Å². The molecule has 1 amide bonds. The summed E-state index contributed by atoms with van der Waals surface area (Å²) in [5.41, 5.74) is 1.59. The van der Waals surface area contributed by atoms with Crippen molar-refractivity contribution in [3.8, 4) is 5.75 Å². The lowest BCUT2D eigenvalue weighted by Gasteiger charge is -2.39. The average molecular weight is 356 g/mol. The number of carbonyl (C=O) groups excluding carboxylic acids is 1. The van der Waals surface area contributed by atoms with Crippen LogP contribution in [0.25, 0.3) is 0 Å². The van der Waals surface area contributed by atoms with Crippen molar-refractivity contribution < 1.29 is 9.53 Å². The number of carbonyl (C=O) groups is 1. The maximum Gasteiger partial charge on any atom is 0.269 e. The Morgan fingerprint density at radius 3 is 2.69 bits per heavy atom. The van der Waals surface area contributed by atoms with Gasteiger partial charge in [-0.25, -0.2) is 4.68 Å². The fourth-order valence-electron chi connectivity index (χ4n) is 2.82. The molecule has 2 aromatic rings. The van der Waals surface area contributed by atoms with E-state index in [9.17, 15) is 9.59 Å². The summed E-state index contributed by atoms with van der Waals surface area (Å²) in [6.07, 6.45) is 2.48. The van der Waals surface area contributed by atoms with Gasteiger partial charge in [0.25, 0.3) is 5.56 Å². The number of benzene rings is 1. The first-order chi connectivity index (χ1) is 12.5. The summed E-state index contributed by atoms with van der Waals surface area (Å²) in [7, 11) is 3.67. The van der Waals surface area contributed by atoms with E-state index in [1.807, 2.05) is 38.4 Å². The highest BCUT2D eigenvalue weighted by Crippen LogP contribution is 2.23. The smallest absolute Gasteiger partial charge is 0.269 e. The Morgan fingerprint density at radius 1 is 1.31 bits per heavy atom. The molecule has 1 aliphatic heterocycles. The van der Waals surface area contributed by atoms with E-state index in [0.717, 1.165) is 17.7 Å². The van der Waals surface area contributed by atoms with Crippen LogP contribution in [-0.2, 0) is 17.8 Å². The maximum absolute atomic E-state index is 12.3. The zero-order valence-corrected chi connectivity index (χ0v) is 15.4. The number of hydrogen-bond donors (Lipinski definition) is 0. The molecule has 0 aliphatic carbocycles. The third-order valence-electron chi connectivity index (χ3n) is 4.50. The van der Waals surface area contributed by atoms with Gasteiger partial charge in [0.1, 0.15) is 18.4 Å². The molecule has 2 heterocycles. The SMILES string of the molecule is CCc1ccccc1OC1CN(C(=O)Cn2ncc(N(C)C)cc2=O)C1. The van der Waals surface area contributed by atoms with E-state index in [-0.39, 0.29) is 24.1 Å².